The molecule has 1 aromatic rings. The Bertz CT molecular complexity index is 904. The summed E-state index contributed by atoms with van der Waals surface area (Å²) < 4.78 is 29.9. The average molecular weight is 492 g/mol. The minimum atomic E-state index is -0.905. The van der Waals surface area contributed by atoms with Crippen LogP contribution >= 0.6 is 0 Å². The standard InChI is InChI=1S/C26H37NO8/c1-15(27-24(30)31-14-16-9-7-6-8-10-16)11-18(23(28)29)12-17-13-19-21(34-25(2,3)32-19)22-20(17)33-26(4,5)35-22/h6-10,15,17-22H,11-14H2,1-5H3,(H,27,30)(H,28,29). The lowest BCUT2D eigenvalue weighted by atomic mass is 9.75. The fourth-order valence-corrected chi connectivity index (χ4v) is 5.54. The summed E-state index contributed by atoms with van der Waals surface area (Å²) >= 11 is 0. The van der Waals surface area contributed by atoms with Gasteiger partial charge in [0, 0.05) is 6.04 Å². The third-order valence-corrected chi connectivity index (χ3v) is 6.86. The Morgan fingerprint density at radius 1 is 1.03 bits per heavy atom. The van der Waals surface area contributed by atoms with Crippen molar-refractivity contribution in [3.05, 3.63) is 35.9 Å². The van der Waals surface area contributed by atoms with Gasteiger partial charge in [-0.2, -0.15) is 0 Å². The van der Waals surface area contributed by atoms with E-state index in [2.05, 4.69) is 5.32 Å². The number of hydrogen-bond acceptors (Lipinski definition) is 7. The van der Waals surface area contributed by atoms with E-state index in [1.807, 2.05) is 58.0 Å². The first-order valence-corrected chi connectivity index (χ1v) is 12.3. The number of hydrogen-bond donors (Lipinski definition) is 2. The van der Waals surface area contributed by atoms with Gasteiger partial charge in [-0.3, -0.25) is 4.79 Å². The Kier molecular flexibility index (Phi) is 7.43. The summed E-state index contributed by atoms with van der Waals surface area (Å²) in [6.07, 6.45) is -0.349. The molecule has 9 nitrogen and oxygen atoms in total. The summed E-state index contributed by atoms with van der Waals surface area (Å²) in [7, 11) is 0. The normalized spacial score (nSPS) is 32.2. The fraction of sp³-hybridized carbons (Fsp3) is 0.692. The Morgan fingerprint density at radius 2 is 1.66 bits per heavy atom. The number of ether oxygens (including phenoxy) is 5. The lowest BCUT2D eigenvalue weighted by molar-refractivity contribution is -0.176. The van der Waals surface area contributed by atoms with E-state index in [0.29, 0.717) is 12.8 Å². The molecule has 3 fully saturated rings. The highest BCUT2D eigenvalue weighted by atomic mass is 16.8. The summed E-state index contributed by atoms with van der Waals surface area (Å²) in [5, 5.41) is 12.7. The van der Waals surface area contributed by atoms with Crippen molar-refractivity contribution in [1.29, 1.82) is 0 Å². The molecule has 0 spiro atoms. The Morgan fingerprint density at radius 3 is 2.34 bits per heavy atom. The maximum Gasteiger partial charge on any atom is 0.407 e. The first kappa shape index (κ1) is 25.9. The van der Waals surface area contributed by atoms with Gasteiger partial charge in [0.15, 0.2) is 11.6 Å². The van der Waals surface area contributed by atoms with Crippen molar-refractivity contribution in [3.8, 4) is 0 Å². The molecule has 7 unspecified atom stereocenters. The molecular weight excluding hydrogens is 454 g/mol. The molecule has 2 N–H and O–H groups in total. The van der Waals surface area contributed by atoms with Crippen LogP contribution in [0.3, 0.4) is 0 Å². The minimum absolute atomic E-state index is 0.0844. The van der Waals surface area contributed by atoms with Gasteiger partial charge in [-0.05, 0) is 65.4 Å². The Balaban J connectivity index is 1.36. The van der Waals surface area contributed by atoms with Crippen LogP contribution in [0.4, 0.5) is 4.79 Å². The molecule has 2 saturated heterocycles. The van der Waals surface area contributed by atoms with Gasteiger partial charge in [0.25, 0.3) is 0 Å². The highest BCUT2D eigenvalue weighted by Crippen LogP contribution is 2.48. The van der Waals surface area contributed by atoms with E-state index >= 15 is 0 Å². The molecule has 4 rings (SSSR count). The first-order chi connectivity index (χ1) is 16.4. The van der Waals surface area contributed by atoms with Gasteiger partial charge in [0.1, 0.15) is 18.8 Å². The van der Waals surface area contributed by atoms with Crippen LogP contribution in [0, 0.1) is 11.8 Å². The molecule has 2 aliphatic heterocycles. The number of amides is 1. The first-order valence-electron chi connectivity index (χ1n) is 12.3. The molecule has 194 valence electrons. The van der Waals surface area contributed by atoms with Crippen molar-refractivity contribution in [2.75, 3.05) is 0 Å². The van der Waals surface area contributed by atoms with Crippen molar-refractivity contribution in [2.24, 2.45) is 11.8 Å². The minimum Gasteiger partial charge on any atom is -0.481 e. The number of carbonyl (C=O) groups excluding carboxylic acids is 1. The third kappa shape index (κ3) is 6.33. The second-order valence-electron chi connectivity index (χ2n) is 10.8. The predicted octanol–water partition coefficient (Wildman–Crippen LogP) is 3.84. The highest BCUT2D eigenvalue weighted by Gasteiger charge is 2.59. The lowest BCUT2D eigenvalue weighted by Crippen LogP contribution is -2.51. The Hall–Kier alpha value is -2.20. The average Bonchev–Trinajstić information content (AvgIpc) is 3.26. The quantitative estimate of drug-likeness (QED) is 0.564. The number of carboxylic acids is 1. The van der Waals surface area contributed by atoms with E-state index in [-0.39, 0.29) is 49.4 Å². The summed E-state index contributed by atoms with van der Waals surface area (Å²) in [5.74, 6) is -3.18. The summed E-state index contributed by atoms with van der Waals surface area (Å²) in [6, 6.07) is 9.00. The molecular formula is C26H37NO8. The molecule has 0 aromatic heterocycles. The fourth-order valence-electron chi connectivity index (χ4n) is 5.54. The van der Waals surface area contributed by atoms with Gasteiger partial charge >= 0.3 is 12.1 Å². The predicted molar refractivity (Wildman–Crippen MR) is 125 cm³/mol. The maximum absolute atomic E-state index is 12.2. The molecule has 7 atom stereocenters. The topological polar surface area (TPSA) is 113 Å². The van der Waals surface area contributed by atoms with Crippen LogP contribution in [0.2, 0.25) is 0 Å². The van der Waals surface area contributed by atoms with E-state index < -0.39 is 29.6 Å². The summed E-state index contributed by atoms with van der Waals surface area (Å²) in [4.78, 5) is 24.4. The van der Waals surface area contributed by atoms with Gasteiger partial charge in [0.2, 0.25) is 0 Å². The summed E-state index contributed by atoms with van der Waals surface area (Å²) in [5.41, 5.74) is 0.881. The van der Waals surface area contributed by atoms with Crippen LogP contribution in [0.25, 0.3) is 0 Å². The lowest BCUT2D eigenvalue weighted by Gasteiger charge is -2.38. The summed E-state index contributed by atoms with van der Waals surface area (Å²) in [6.45, 7) is 9.41. The molecule has 1 aromatic carbocycles. The largest absolute Gasteiger partial charge is 0.481 e. The molecule has 1 aliphatic carbocycles. The van der Waals surface area contributed by atoms with Gasteiger partial charge in [-0.15, -0.1) is 0 Å². The molecule has 3 aliphatic rings. The molecule has 1 amide bonds. The van der Waals surface area contributed by atoms with Gasteiger partial charge in [-0.25, -0.2) is 4.79 Å². The number of aliphatic carboxylic acids is 1. The van der Waals surface area contributed by atoms with Crippen LogP contribution < -0.4 is 5.32 Å². The zero-order chi connectivity index (χ0) is 25.4. The number of carbonyl (C=O) groups is 2. The van der Waals surface area contributed by atoms with E-state index in [1.165, 1.54) is 0 Å². The van der Waals surface area contributed by atoms with E-state index in [0.717, 1.165) is 5.56 Å². The second kappa shape index (κ2) is 10.0. The van der Waals surface area contributed by atoms with Crippen molar-refractivity contribution in [3.63, 3.8) is 0 Å². The Labute approximate surface area is 206 Å². The number of carboxylic acid groups (broad SMARTS) is 1. The molecule has 9 heteroatoms. The number of alkyl carbamates (subject to hydrolysis) is 1. The van der Waals surface area contributed by atoms with Crippen LogP contribution in [0.5, 0.6) is 0 Å². The molecule has 35 heavy (non-hydrogen) atoms. The van der Waals surface area contributed by atoms with Crippen LogP contribution in [0.1, 0.15) is 59.4 Å². The van der Waals surface area contributed by atoms with Gasteiger partial charge in [0.05, 0.1) is 18.1 Å². The van der Waals surface area contributed by atoms with Crippen molar-refractivity contribution in [1.82, 2.24) is 5.32 Å². The van der Waals surface area contributed by atoms with Crippen LogP contribution in [0.15, 0.2) is 30.3 Å². The maximum atomic E-state index is 12.2. The van der Waals surface area contributed by atoms with Crippen LogP contribution in [-0.4, -0.2) is 59.2 Å². The zero-order valence-electron chi connectivity index (χ0n) is 21.1. The van der Waals surface area contributed by atoms with Crippen molar-refractivity contribution in [2.45, 2.75) is 103 Å². The molecule has 0 radical (unpaired) electrons. The molecule has 2 heterocycles. The third-order valence-electron chi connectivity index (χ3n) is 6.86. The number of benzene rings is 1. The SMILES string of the molecule is CC(CC(CC1CC2OC(C)(C)OC2C2OC(C)(C)OC12)C(=O)O)NC(=O)OCc1ccccc1. The smallest absolute Gasteiger partial charge is 0.407 e. The highest BCUT2D eigenvalue weighted by molar-refractivity contribution is 5.70. The second-order valence-corrected chi connectivity index (χ2v) is 10.8. The van der Waals surface area contributed by atoms with Crippen molar-refractivity contribution < 1.29 is 38.4 Å². The number of fused-ring (bicyclic) bond motifs is 3. The number of nitrogens with one attached hydrogen (secondary N) is 1. The zero-order valence-corrected chi connectivity index (χ0v) is 21.1. The molecule has 1 saturated carbocycles. The van der Waals surface area contributed by atoms with E-state index in [9.17, 15) is 14.7 Å². The monoisotopic (exact) mass is 491 g/mol. The van der Waals surface area contributed by atoms with E-state index in [4.69, 9.17) is 23.7 Å². The number of rotatable bonds is 8. The van der Waals surface area contributed by atoms with Gasteiger partial charge in [-0.1, -0.05) is 30.3 Å². The van der Waals surface area contributed by atoms with Crippen molar-refractivity contribution >= 4 is 12.1 Å². The van der Waals surface area contributed by atoms with Crippen LogP contribution in [-0.2, 0) is 35.1 Å². The molecule has 0 bridgehead atoms. The van der Waals surface area contributed by atoms with Gasteiger partial charge < -0.3 is 34.1 Å². The van der Waals surface area contributed by atoms with E-state index in [1.54, 1.807) is 6.92 Å².